The van der Waals surface area contributed by atoms with Gasteiger partial charge in [-0.05, 0) is 89.4 Å². The monoisotopic (exact) mass is 724 g/mol. The van der Waals surface area contributed by atoms with Crippen LogP contribution in [0, 0.1) is 25.6 Å². The highest BCUT2D eigenvalue weighted by molar-refractivity contribution is 7.92. The van der Waals surface area contributed by atoms with E-state index < -0.39 is 49.8 Å². The molecule has 0 bridgehead atoms. The normalized spacial score (nSPS) is 20.7. The third-order valence-electron chi connectivity index (χ3n) is 8.50. The zero-order chi connectivity index (χ0) is 36.1. The van der Waals surface area contributed by atoms with Gasteiger partial charge in [-0.3, -0.25) is 9.52 Å². The van der Waals surface area contributed by atoms with E-state index in [-0.39, 0.29) is 64.0 Å². The van der Waals surface area contributed by atoms with E-state index in [1.165, 1.54) is 41.4 Å². The summed E-state index contributed by atoms with van der Waals surface area (Å²) >= 11 is 0. The van der Waals surface area contributed by atoms with E-state index in [0.717, 1.165) is 30.7 Å². The van der Waals surface area contributed by atoms with Crippen molar-refractivity contribution in [3.05, 3.63) is 65.3 Å². The number of carbonyl (C=O) groups excluding carboxylic acids is 1. The number of halogens is 1. The molecule has 0 unspecified atom stereocenters. The van der Waals surface area contributed by atoms with Crippen molar-refractivity contribution in [2.75, 3.05) is 38.1 Å². The third-order valence-corrected chi connectivity index (χ3v) is 12.0. The lowest BCUT2D eigenvalue weighted by Gasteiger charge is -2.35. The lowest BCUT2D eigenvalue weighted by atomic mass is 10.0. The molecule has 0 radical (unpaired) electrons. The number of sulfonamides is 2. The molecule has 1 aliphatic heterocycles. The van der Waals surface area contributed by atoms with Gasteiger partial charge >= 0.3 is 0 Å². The Balaban J connectivity index is 1.69. The van der Waals surface area contributed by atoms with Gasteiger partial charge in [0, 0.05) is 38.3 Å². The lowest BCUT2D eigenvalue weighted by Crippen LogP contribution is -2.48. The second kappa shape index (κ2) is 16.0. The Bertz CT molecular complexity index is 1800. The quantitative estimate of drug-likeness (QED) is 0.324. The third kappa shape index (κ3) is 9.16. The standard InChI is InChI=1S/C33H45FN4O9S2/c1-21-18-38(22(2)20-39)33(40)29-17-27(36-48(41,42)28-13-10-26(34)11-14-28)12-15-30(29)46-23(3)9-7-8-16-45-31(21)19-37(6)49(43,44)32-24(4)35-47-25(32)5/h10-15,17,21-23,31,36,39H,7-9,16,18-20H2,1-6H3/t21-,22-,23+,31-/m0/s1. The molecule has 4 atom stereocenters. The number of ether oxygens (including phenoxy) is 2. The number of fused-ring (bicyclic) bond motifs is 1. The highest BCUT2D eigenvalue weighted by Gasteiger charge is 2.34. The molecule has 2 aromatic carbocycles. The van der Waals surface area contributed by atoms with Gasteiger partial charge in [0.15, 0.2) is 5.76 Å². The Morgan fingerprint density at radius 1 is 1.10 bits per heavy atom. The fourth-order valence-corrected chi connectivity index (χ4v) is 8.14. The number of aliphatic hydroxyl groups is 1. The molecule has 0 aliphatic carbocycles. The van der Waals surface area contributed by atoms with E-state index in [1.54, 1.807) is 13.8 Å². The van der Waals surface area contributed by atoms with Crippen molar-refractivity contribution >= 4 is 31.6 Å². The van der Waals surface area contributed by atoms with Gasteiger partial charge in [-0.25, -0.2) is 21.2 Å². The van der Waals surface area contributed by atoms with Gasteiger partial charge in [-0.15, -0.1) is 0 Å². The molecule has 13 nitrogen and oxygen atoms in total. The minimum absolute atomic E-state index is 0.00861. The Morgan fingerprint density at radius 3 is 2.43 bits per heavy atom. The molecule has 1 aromatic heterocycles. The van der Waals surface area contributed by atoms with Crippen LogP contribution in [0.2, 0.25) is 0 Å². The Labute approximate surface area is 287 Å². The largest absolute Gasteiger partial charge is 0.490 e. The lowest BCUT2D eigenvalue weighted by molar-refractivity contribution is -0.00835. The minimum Gasteiger partial charge on any atom is -0.490 e. The summed E-state index contributed by atoms with van der Waals surface area (Å²) in [6.45, 7) is 8.44. The van der Waals surface area contributed by atoms with Crippen molar-refractivity contribution < 1.29 is 45.1 Å². The molecule has 0 saturated carbocycles. The summed E-state index contributed by atoms with van der Waals surface area (Å²) in [5.41, 5.74) is 0.379. The molecule has 49 heavy (non-hydrogen) atoms. The number of aromatic nitrogens is 1. The van der Waals surface area contributed by atoms with Crippen LogP contribution in [0.15, 0.2) is 56.8 Å². The Morgan fingerprint density at radius 2 is 1.80 bits per heavy atom. The maximum atomic E-state index is 14.4. The predicted octanol–water partition coefficient (Wildman–Crippen LogP) is 4.35. The smallest absolute Gasteiger partial charge is 0.261 e. The molecule has 4 rings (SSSR count). The van der Waals surface area contributed by atoms with E-state index in [1.807, 2.05) is 13.8 Å². The molecular formula is C33H45FN4O9S2. The number of carbonyl (C=O) groups is 1. The topological polar surface area (TPSA) is 169 Å². The van der Waals surface area contributed by atoms with Crippen molar-refractivity contribution in [2.45, 2.75) is 81.9 Å². The Kier molecular flexibility index (Phi) is 12.5. The van der Waals surface area contributed by atoms with Crippen LogP contribution in [0.25, 0.3) is 0 Å². The number of hydrogen-bond donors (Lipinski definition) is 2. The average molecular weight is 725 g/mol. The number of amides is 1. The van der Waals surface area contributed by atoms with Gasteiger partial charge in [0.25, 0.3) is 15.9 Å². The van der Waals surface area contributed by atoms with Crippen LogP contribution in [0.1, 0.15) is 61.8 Å². The number of benzene rings is 2. The van der Waals surface area contributed by atoms with E-state index in [2.05, 4.69) is 9.88 Å². The molecule has 2 heterocycles. The summed E-state index contributed by atoms with van der Waals surface area (Å²) in [6, 6.07) is 8.02. The van der Waals surface area contributed by atoms with Crippen LogP contribution in [-0.2, 0) is 24.8 Å². The first-order valence-corrected chi connectivity index (χ1v) is 19.0. The van der Waals surface area contributed by atoms with E-state index in [9.17, 15) is 31.1 Å². The molecule has 1 aliphatic rings. The number of nitrogens with zero attached hydrogens (tertiary/aromatic N) is 3. The molecule has 2 N–H and O–H groups in total. The van der Waals surface area contributed by atoms with Crippen molar-refractivity contribution in [1.29, 1.82) is 0 Å². The molecule has 1 amide bonds. The molecule has 3 aromatic rings. The van der Waals surface area contributed by atoms with Gasteiger partial charge in [0.05, 0.1) is 35.3 Å². The summed E-state index contributed by atoms with van der Waals surface area (Å²) in [5, 5.41) is 14.0. The number of nitrogens with one attached hydrogen (secondary N) is 1. The summed E-state index contributed by atoms with van der Waals surface area (Å²) in [5.74, 6) is -1.14. The fourth-order valence-electron chi connectivity index (χ4n) is 5.63. The van der Waals surface area contributed by atoms with Gasteiger partial charge in [0.1, 0.15) is 22.2 Å². The van der Waals surface area contributed by atoms with Crippen LogP contribution in [0.4, 0.5) is 10.1 Å². The van der Waals surface area contributed by atoms with Crippen molar-refractivity contribution in [1.82, 2.24) is 14.4 Å². The molecule has 0 fully saturated rings. The van der Waals surface area contributed by atoms with Gasteiger partial charge < -0.3 is 24.0 Å². The van der Waals surface area contributed by atoms with Gasteiger partial charge in [-0.2, -0.15) is 4.31 Å². The van der Waals surface area contributed by atoms with Gasteiger partial charge in [-0.1, -0.05) is 12.1 Å². The average Bonchev–Trinajstić information content (AvgIpc) is 3.40. The second-order valence-corrected chi connectivity index (χ2v) is 16.2. The van der Waals surface area contributed by atoms with Crippen LogP contribution in [0.3, 0.4) is 0 Å². The number of aliphatic hydroxyl groups excluding tert-OH is 1. The number of aryl methyl sites for hydroxylation is 2. The first kappa shape index (κ1) is 38.2. The van der Waals surface area contributed by atoms with Crippen LogP contribution in [0.5, 0.6) is 5.75 Å². The number of rotatable bonds is 9. The first-order valence-electron chi connectivity index (χ1n) is 16.1. The summed E-state index contributed by atoms with van der Waals surface area (Å²) < 4.78 is 88.0. The minimum atomic E-state index is -4.13. The number of hydrogen-bond acceptors (Lipinski definition) is 10. The number of anilines is 1. The van der Waals surface area contributed by atoms with Crippen LogP contribution < -0.4 is 9.46 Å². The molecule has 0 saturated heterocycles. The van der Waals surface area contributed by atoms with Crippen molar-refractivity contribution in [2.24, 2.45) is 5.92 Å². The van der Waals surface area contributed by atoms with Crippen molar-refractivity contribution in [3.63, 3.8) is 0 Å². The predicted molar refractivity (Wildman–Crippen MR) is 180 cm³/mol. The van der Waals surface area contributed by atoms with Crippen LogP contribution >= 0.6 is 0 Å². The molecule has 16 heteroatoms. The van der Waals surface area contributed by atoms with E-state index >= 15 is 0 Å². The van der Waals surface area contributed by atoms with Crippen LogP contribution in [-0.4, -0.2) is 93.8 Å². The summed E-state index contributed by atoms with van der Waals surface area (Å²) in [7, 11) is -6.67. The Hall–Kier alpha value is -3.57. The van der Waals surface area contributed by atoms with E-state index in [0.29, 0.717) is 19.4 Å². The highest BCUT2D eigenvalue weighted by atomic mass is 32.2. The fraction of sp³-hybridized carbons (Fsp3) is 0.515. The summed E-state index contributed by atoms with van der Waals surface area (Å²) in [4.78, 5) is 15.6. The molecule has 270 valence electrons. The first-order chi connectivity index (χ1) is 23.0. The molecule has 0 spiro atoms. The summed E-state index contributed by atoms with van der Waals surface area (Å²) in [6.07, 6.45) is 1.05. The van der Waals surface area contributed by atoms with E-state index in [4.69, 9.17) is 14.0 Å². The molecular weight excluding hydrogens is 680 g/mol. The zero-order valence-electron chi connectivity index (χ0n) is 28.5. The van der Waals surface area contributed by atoms with Crippen molar-refractivity contribution in [3.8, 4) is 5.75 Å². The maximum Gasteiger partial charge on any atom is 0.261 e. The van der Waals surface area contributed by atoms with Gasteiger partial charge in [0.2, 0.25) is 10.0 Å². The number of likely N-dealkylation sites (N-methyl/N-ethyl adjacent to an activating group) is 1. The second-order valence-electron chi connectivity index (χ2n) is 12.5. The highest BCUT2D eigenvalue weighted by Crippen LogP contribution is 2.30. The SMILES string of the molecule is Cc1noc(C)c1S(=O)(=O)N(C)C[C@@H]1OCCCC[C@@H](C)Oc2ccc(NS(=O)(=O)c3ccc(F)cc3)cc2C(=O)N([C@@H](C)CO)C[C@@H]1C. The zero-order valence-corrected chi connectivity index (χ0v) is 30.2. The maximum absolute atomic E-state index is 14.4.